The molecule has 3 fully saturated rings. The van der Waals surface area contributed by atoms with Crippen molar-refractivity contribution in [3.8, 4) is 0 Å². The lowest BCUT2D eigenvalue weighted by Crippen LogP contribution is -2.62. The van der Waals surface area contributed by atoms with E-state index < -0.39 is 59.1 Å². The number of alkyl halides is 1. The molecule has 1 spiro atoms. The highest BCUT2D eigenvalue weighted by Crippen LogP contribution is 2.61. The Kier molecular flexibility index (Phi) is 11.8. The highest BCUT2D eigenvalue weighted by atomic mass is 79.9. The smallest absolute Gasteiger partial charge is 0.313 e. The molecular formula is C36H50BrN3O7. The van der Waals surface area contributed by atoms with E-state index in [4.69, 9.17) is 9.47 Å². The van der Waals surface area contributed by atoms with Crippen molar-refractivity contribution in [1.82, 2.24) is 15.1 Å². The van der Waals surface area contributed by atoms with Gasteiger partial charge in [-0.15, -0.1) is 13.2 Å². The summed E-state index contributed by atoms with van der Waals surface area (Å²) in [6.07, 6.45) is 3.54. The fraction of sp³-hybridized carbons (Fsp3) is 0.611. The summed E-state index contributed by atoms with van der Waals surface area (Å²) < 4.78 is 12.9. The van der Waals surface area contributed by atoms with Crippen molar-refractivity contribution in [1.29, 1.82) is 0 Å². The van der Waals surface area contributed by atoms with Crippen molar-refractivity contribution < 1.29 is 33.8 Å². The number of aliphatic hydroxyl groups excluding tert-OH is 1. The fourth-order valence-electron chi connectivity index (χ4n) is 7.40. The van der Waals surface area contributed by atoms with E-state index >= 15 is 0 Å². The number of rotatable bonds is 15. The number of carbonyl (C=O) groups excluding carboxylic acids is 4. The maximum absolute atomic E-state index is 14.7. The molecular weight excluding hydrogens is 666 g/mol. The third kappa shape index (κ3) is 7.08. The minimum absolute atomic E-state index is 0.0431. The topological polar surface area (TPSA) is 125 Å². The molecule has 1 unspecified atom stereocenters. The van der Waals surface area contributed by atoms with Gasteiger partial charge in [-0.25, -0.2) is 0 Å². The first-order valence-electron chi connectivity index (χ1n) is 16.6. The number of ether oxygens (including phenoxy) is 2. The molecule has 0 aromatic heterocycles. The maximum Gasteiger partial charge on any atom is 0.313 e. The SMILES string of the molecule is C=CCCC(=O)NC[C@H](OC(=O)[C@H]1[C@@H]2O[C@@]3(CC2Br)[C@@H]1C(=O)N([C@@H](CO)[C@@H](C)CC)[C@@H]3C(=O)N(CC=C)C(C)(C)C)c1ccccc1. The molecule has 3 saturated heterocycles. The fourth-order valence-corrected chi connectivity index (χ4v) is 8.34. The second kappa shape index (κ2) is 15.0. The van der Waals surface area contributed by atoms with Gasteiger partial charge >= 0.3 is 5.97 Å². The zero-order valence-corrected chi connectivity index (χ0v) is 29.8. The lowest BCUT2D eigenvalue weighted by molar-refractivity contribution is -0.161. The summed E-state index contributed by atoms with van der Waals surface area (Å²) >= 11 is 3.72. The predicted molar refractivity (Wildman–Crippen MR) is 182 cm³/mol. The minimum Gasteiger partial charge on any atom is -0.455 e. The molecule has 1 aromatic rings. The summed E-state index contributed by atoms with van der Waals surface area (Å²) in [5.41, 5.74) is -1.24. The van der Waals surface area contributed by atoms with Crippen molar-refractivity contribution in [2.24, 2.45) is 17.8 Å². The molecule has 3 aliphatic heterocycles. The number of amides is 3. The van der Waals surface area contributed by atoms with Crippen LogP contribution in [-0.2, 0) is 28.7 Å². The zero-order chi connectivity index (χ0) is 34.7. The summed E-state index contributed by atoms with van der Waals surface area (Å²) in [6, 6.07) is 7.39. The van der Waals surface area contributed by atoms with Crippen LogP contribution in [0.4, 0.5) is 0 Å². The van der Waals surface area contributed by atoms with Crippen molar-refractivity contribution in [2.75, 3.05) is 19.7 Å². The van der Waals surface area contributed by atoms with Gasteiger partial charge < -0.3 is 29.7 Å². The standard InChI is InChI=1S/C36H50BrN3O7/c1-8-11-17-27(42)38-20-26(23-15-13-12-14-16-23)46-34(45)28-29-32(43)40(25(21-41)22(4)10-3)31(36(29)19-24(37)30(28)47-36)33(44)39(18-9-2)35(5,6)7/h8-9,12-16,22,24-26,28-31,41H,1-2,10-11,17-21H2,3-7H3,(H,38,42)/t22-,24?,25-,26-,28+,29-,30+,31+,36-/m0/s1. The van der Waals surface area contributed by atoms with Crippen LogP contribution in [0, 0.1) is 17.8 Å². The van der Waals surface area contributed by atoms with Crippen LogP contribution in [-0.4, -0.2) is 92.4 Å². The van der Waals surface area contributed by atoms with Crippen LogP contribution in [0.3, 0.4) is 0 Å². The number of allylic oxidation sites excluding steroid dienone is 1. The van der Waals surface area contributed by atoms with Crippen molar-refractivity contribution >= 4 is 39.6 Å². The number of nitrogens with one attached hydrogen (secondary N) is 1. The van der Waals surface area contributed by atoms with Crippen LogP contribution in [0.5, 0.6) is 0 Å². The molecule has 9 atom stereocenters. The molecule has 2 N–H and O–H groups in total. The van der Waals surface area contributed by atoms with Gasteiger partial charge in [0.05, 0.1) is 37.1 Å². The predicted octanol–water partition coefficient (Wildman–Crippen LogP) is 4.32. The van der Waals surface area contributed by atoms with Gasteiger partial charge in [-0.3, -0.25) is 19.2 Å². The Balaban J connectivity index is 1.74. The number of nitrogens with zero attached hydrogens (tertiary/aromatic N) is 2. The Morgan fingerprint density at radius 1 is 1.23 bits per heavy atom. The van der Waals surface area contributed by atoms with Crippen LogP contribution >= 0.6 is 15.9 Å². The minimum atomic E-state index is -1.32. The Morgan fingerprint density at radius 2 is 1.91 bits per heavy atom. The highest BCUT2D eigenvalue weighted by Gasteiger charge is 2.78. The van der Waals surface area contributed by atoms with Crippen molar-refractivity contribution in [2.45, 2.75) is 101 Å². The van der Waals surface area contributed by atoms with Crippen LogP contribution in [0.2, 0.25) is 0 Å². The largest absolute Gasteiger partial charge is 0.455 e. The lowest BCUT2D eigenvalue weighted by atomic mass is 9.70. The lowest BCUT2D eigenvalue weighted by Gasteiger charge is -2.44. The van der Waals surface area contributed by atoms with E-state index in [1.54, 1.807) is 17.1 Å². The Morgan fingerprint density at radius 3 is 2.49 bits per heavy atom. The number of likely N-dealkylation sites (tertiary alicyclic amines) is 1. The Hall–Kier alpha value is -3.02. The molecule has 1 aromatic carbocycles. The van der Waals surface area contributed by atoms with Crippen LogP contribution in [0.1, 0.15) is 72.0 Å². The van der Waals surface area contributed by atoms with Gasteiger partial charge in [-0.1, -0.05) is 78.7 Å². The van der Waals surface area contributed by atoms with Crippen molar-refractivity contribution in [3.05, 3.63) is 61.2 Å². The molecule has 2 bridgehead atoms. The normalized spacial score (nSPS) is 28.3. The summed E-state index contributed by atoms with van der Waals surface area (Å²) in [7, 11) is 0. The Bertz CT molecular complexity index is 1330. The molecule has 0 radical (unpaired) electrons. The van der Waals surface area contributed by atoms with E-state index in [0.29, 0.717) is 24.8 Å². The number of carbonyl (C=O) groups is 4. The van der Waals surface area contributed by atoms with Gasteiger partial charge in [-0.05, 0) is 45.1 Å². The van der Waals surface area contributed by atoms with Gasteiger partial charge in [0.25, 0.3) is 0 Å². The molecule has 258 valence electrons. The summed E-state index contributed by atoms with van der Waals surface area (Å²) in [5, 5.41) is 13.5. The number of benzene rings is 1. The summed E-state index contributed by atoms with van der Waals surface area (Å²) in [4.78, 5) is 59.0. The number of aliphatic hydroxyl groups is 1. The number of esters is 1. The number of fused-ring (bicyclic) bond motifs is 1. The quantitative estimate of drug-likeness (QED) is 0.157. The third-order valence-electron chi connectivity index (χ3n) is 9.96. The molecule has 0 saturated carbocycles. The molecule has 4 rings (SSSR count). The average Bonchev–Trinajstić information content (AvgIpc) is 3.63. The van der Waals surface area contributed by atoms with Crippen LogP contribution in [0.25, 0.3) is 0 Å². The van der Waals surface area contributed by atoms with E-state index in [-0.39, 0.29) is 48.7 Å². The molecule has 3 aliphatic rings. The second-order valence-electron chi connectivity index (χ2n) is 13.9. The maximum atomic E-state index is 14.7. The van der Waals surface area contributed by atoms with Crippen LogP contribution < -0.4 is 5.32 Å². The van der Waals surface area contributed by atoms with E-state index in [9.17, 15) is 24.3 Å². The number of hydrogen-bond donors (Lipinski definition) is 2. The number of hydrogen-bond acceptors (Lipinski definition) is 7. The van der Waals surface area contributed by atoms with E-state index in [1.165, 1.54) is 4.90 Å². The van der Waals surface area contributed by atoms with Gasteiger partial charge in [0.15, 0.2) is 0 Å². The molecule has 3 amide bonds. The molecule has 47 heavy (non-hydrogen) atoms. The first kappa shape index (κ1) is 36.8. The first-order valence-corrected chi connectivity index (χ1v) is 17.5. The second-order valence-corrected chi connectivity index (χ2v) is 15.1. The van der Waals surface area contributed by atoms with Gasteiger partial charge in [0.1, 0.15) is 17.7 Å². The monoisotopic (exact) mass is 715 g/mol. The van der Waals surface area contributed by atoms with Crippen molar-refractivity contribution in [3.63, 3.8) is 0 Å². The van der Waals surface area contributed by atoms with E-state index in [0.717, 1.165) is 0 Å². The summed E-state index contributed by atoms with van der Waals surface area (Å²) in [6.45, 7) is 17.1. The van der Waals surface area contributed by atoms with Gasteiger partial charge in [0, 0.05) is 23.3 Å². The highest BCUT2D eigenvalue weighted by molar-refractivity contribution is 9.09. The first-order chi connectivity index (χ1) is 22.3. The van der Waals surface area contributed by atoms with Gasteiger partial charge in [-0.2, -0.15) is 0 Å². The van der Waals surface area contributed by atoms with E-state index in [1.807, 2.05) is 65.0 Å². The molecule has 11 heteroatoms. The molecule has 3 heterocycles. The molecule has 10 nitrogen and oxygen atoms in total. The van der Waals surface area contributed by atoms with Gasteiger partial charge in [0.2, 0.25) is 17.7 Å². The summed E-state index contributed by atoms with van der Waals surface area (Å²) in [5.74, 6) is -3.68. The number of halogens is 1. The van der Waals surface area contributed by atoms with Crippen LogP contribution in [0.15, 0.2) is 55.6 Å². The average molecular weight is 717 g/mol. The third-order valence-corrected chi connectivity index (χ3v) is 10.8. The molecule has 0 aliphatic carbocycles. The Labute approximate surface area is 287 Å². The zero-order valence-electron chi connectivity index (χ0n) is 28.2. The van der Waals surface area contributed by atoms with E-state index in [2.05, 4.69) is 34.4 Å².